The van der Waals surface area contributed by atoms with Crippen molar-refractivity contribution in [2.75, 3.05) is 0 Å². The van der Waals surface area contributed by atoms with Gasteiger partial charge in [0.25, 0.3) is 0 Å². The Bertz CT molecular complexity index is 747. The first kappa shape index (κ1) is 12.9. The Morgan fingerprint density at radius 1 is 1.16 bits per heavy atom. The number of rotatable bonds is 1. The maximum absolute atomic E-state index is 14.0. The normalized spacial score (nSPS) is 11.2. The van der Waals surface area contributed by atoms with E-state index < -0.39 is 0 Å². The van der Waals surface area contributed by atoms with Gasteiger partial charge in [-0.1, -0.05) is 29.3 Å². The lowest BCUT2D eigenvalue weighted by molar-refractivity contribution is 0.623. The molecule has 0 saturated carbocycles. The molecule has 3 aromatic rings. The van der Waals surface area contributed by atoms with Crippen LogP contribution in [0, 0.1) is 5.82 Å². The van der Waals surface area contributed by atoms with Crippen molar-refractivity contribution in [2.45, 2.75) is 0 Å². The molecule has 0 unspecified atom stereocenters. The van der Waals surface area contributed by atoms with Crippen LogP contribution in [0.5, 0.6) is 0 Å². The van der Waals surface area contributed by atoms with Gasteiger partial charge in [-0.25, -0.2) is 9.37 Å². The van der Waals surface area contributed by atoms with Crippen molar-refractivity contribution in [3.05, 3.63) is 50.7 Å². The van der Waals surface area contributed by atoms with E-state index in [-0.39, 0.29) is 5.82 Å². The summed E-state index contributed by atoms with van der Waals surface area (Å²) in [6.45, 7) is 0. The van der Waals surface area contributed by atoms with Gasteiger partial charge >= 0.3 is 0 Å². The minimum Gasteiger partial charge on any atom is -0.338 e. The summed E-state index contributed by atoms with van der Waals surface area (Å²) in [5.74, 6) is 0.0749. The number of aromatic nitrogens is 2. The van der Waals surface area contributed by atoms with Crippen molar-refractivity contribution in [3.8, 4) is 11.4 Å². The number of imidazole rings is 1. The third-order valence-electron chi connectivity index (χ3n) is 2.73. The van der Waals surface area contributed by atoms with E-state index in [1.165, 1.54) is 0 Å². The molecule has 0 aliphatic carbocycles. The summed E-state index contributed by atoms with van der Waals surface area (Å²) in [4.78, 5) is 7.36. The van der Waals surface area contributed by atoms with Gasteiger partial charge in [-0.2, -0.15) is 0 Å². The summed E-state index contributed by atoms with van der Waals surface area (Å²) in [5.41, 5.74) is 1.74. The minimum atomic E-state index is -0.362. The fraction of sp³-hybridized carbons (Fsp3) is 0. The van der Waals surface area contributed by atoms with Crippen LogP contribution in [0.15, 0.2) is 34.8 Å². The van der Waals surface area contributed by atoms with Gasteiger partial charge in [0, 0.05) is 0 Å². The van der Waals surface area contributed by atoms with Crippen LogP contribution in [0.1, 0.15) is 0 Å². The maximum Gasteiger partial charge on any atom is 0.148 e. The van der Waals surface area contributed by atoms with E-state index in [1.807, 2.05) is 0 Å². The maximum atomic E-state index is 14.0. The van der Waals surface area contributed by atoms with Gasteiger partial charge in [-0.15, -0.1) is 0 Å². The number of nitrogens with zero attached hydrogens (tertiary/aromatic N) is 1. The Balaban J connectivity index is 2.23. The van der Waals surface area contributed by atoms with E-state index in [9.17, 15) is 4.39 Å². The Morgan fingerprint density at radius 3 is 2.68 bits per heavy atom. The smallest absolute Gasteiger partial charge is 0.148 e. The first-order chi connectivity index (χ1) is 9.06. The van der Waals surface area contributed by atoms with Gasteiger partial charge in [-0.05, 0) is 40.2 Å². The third kappa shape index (κ3) is 2.24. The fourth-order valence-electron chi connectivity index (χ4n) is 1.82. The van der Waals surface area contributed by atoms with E-state index >= 15 is 0 Å². The number of aromatic amines is 1. The number of benzene rings is 2. The van der Waals surface area contributed by atoms with Crippen LogP contribution in [-0.2, 0) is 0 Å². The zero-order valence-electron chi connectivity index (χ0n) is 9.35. The number of hydrogen-bond donors (Lipinski definition) is 1. The van der Waals surface area contributed by atoms with Crippen LogP contribution in [0.25, 0.3) is 22.4 Å². The van der Waals surface area contributed by atoms with E-state index in [0.717, 1.165) is 0 Å². The SMILES string of the molecule is Fc1c(Br)cccc1-c1nc2cc(Cl)c(Cl)cc2[nH]1. The molecule has 1 aromatic heterocycles. The topological polar surface area (TPSA) is 28.7 Å². The largest absolute Gasteiger partial charge is 0.338 e. The molecule has 0 aliphatic heterocycles. The predicted molar refractivity (Wildman–Crippen MR) is 79.2 cm³/mol. The molecule has 1 N–H and O–H groups in total. The first-order valence-electron chi connectivity index (χ1n) is 5.35. The molecular formula is C13H6BrCl2FN2. The van der Waals surface area contributed by atoms with Gasteiger partial charge in [0.2, 0.25) is 0 Å². The quantitative estimate of drug-likeness (QED) is 0.615. The summed E-state index contributed by atoms with van der Waals surface area (Å²) >= 11 is 15.0. The highest BCUT2D eigenvalue weighted by atomic mass is 79.9. The second-order valence-electron chi connectivity index (χ2n) is 3.97. The zero-order chi connectivity index (χ0) is 13.6. The highest BCUT2D eigenvalue weighted by Gasteiger charge is 2.13. The van der Waals surface area contributed by atoms with Crippen molar-refractivity contribution >= 4 is 50.2 Å². The summed E-state index contributed by atoms with van der Waals surface area (Å²) in [5, 5.41) is 0.848. The van der Waals surface area contributed by atoms with Gasteiger partial charge in [-0.3, -0.25) is 0 Å². The molecule has 0 spiro atoms. The lowest BCUT2D eigenvalue weighted by Crippen LogP contribution is -1.87. The predicted octanol–water partition coefficient (Wildman–Crippen LogP) is 5.44. The average Bonchev–Trinajstić information content (AvgIpc) is 2.76. The summed E-state index contributed by atoms with van der Waals surface area (Å²) in [6.07, 6.45) is 0. The Kier molecular flexibility index (Phi) is 3.25. The van der Waals surface area contributed by atoms with Crippen LogP contribution in [-0.4, -0.2) is 9.97 Å². The van der Waals surface area contributed by atoms with Crippen molar-refractivity contribution in [2.24, 2.45) is 0 Å². The number of fused-ring (bicyclic) bond motifs is 1. The molecule has 2 aromatic carbocycles. The van der Waals surface area contributed by atoms with Gasteiger partial charge in [0.05, 0.1) is 31.1 Å². The average molecular weight is 360 g/mol. The first-order valence-corrected chi connectivity index (χ1v) is 6.90. The van der Waals surface area contributed by atoms with Gasteiger partial charge < -0.3 is 4.98 Å². The van der Waals surface area contributed by atoms with Gasteiger partial charge in [0.15, 0.2) is 0 Å². The lowest BCUT2D eigenvalue weighted by atomic mass is 10.2. The van der Waals surface area contributed by atoms with Gasteiger partial charge in [0.1, 0.15) is 11.6 Å². The fourth-order valence-corrected chi connectivity index (χ4v) is 2.51. The standard InChI is InChI=1S/C13H6BrCl2FN2/c14-7-3-1-2-6(12(7)17)13-18-10-4-8(15)9(16)5-11(10)19-13/h1-5H,(H,18,19). The number of halogens is 4. The van der Waals surface area contributed by atoms with E-state index in [4.69, 9.17) is 23.2 Å². The van der Waals surface area contributed by atoms with Crippen LogP contribution in [0.3, 0.4) is 0 Å². The van der Waals surface area contributed by atoms with E-state index in [1.54, 1.807) is 30.3 Å². The molecule has 0 saturated heterocycles. The molecule has 6 heteroatoms. The lowest BCUT2D eigenvalue weighted by Gasteiger charge is -2.00. The molecule has 0 radical (unpaired) electrons. The Hall–Kier alpha value is -1.10. The molecule has 0 atom stereocenters. The molecule has 0 bridgehead atoms. The number of hydrogen-bond acceptors (Lipinski definition) is 1. The second-order valence-corrected chi connectivity index (χ2v) is 5.64. The Morgan fingerprint density at radius 2 is 1.89 bits per heavy atom. The molecular weight excluding hydrogens is 354 g/mol. The highest BCUT2D eigenvalue weighted by molar-refractivity contribution is 9.10. The molecule has 3 rings (SSSR count). The minimum absolute atomic E-state index is 0.362. The van der Waals surface area contributed by atoms with Crippen LogP contribution < -0.4 is 0 Å². The van der Waals surface area contributed by atoms with Crippen molar-refractivity contribution in [1.29, 1.82) is 0 Å². The summed E-state index contributed by atoms with van der Waals surface area (Å²) in [6, 6.07) is 8.35. The van der Waals surface area contributed by atoms with Crippen LogP contribution in [0.2, 0.25) is 10.0 Å². The second kappa shape index (κ2) is 4.78. The highest BCUT2D eigenvalue weighted by Crippen LogP contribution is 2.31. The van der Waals surface area contributed by atoms with Crippen LogP contribution >= 0.6 is 39.1 Å². The number of H-pyrrole nitrogens is 1. The van der Waals surface area contributed by atoms with E-state index in [0.29, 0.717) is 36.9 Å². The number of nitrogens with one attached hydrogen (secondary N) is 1. The third-order valence-corrected chi connectivity index (χ3v) is 4.07. The molecule has 0 amide bonds. The Labute approximate surface area is 126 Å². The molecule has 0 fully saturated rings. The summed E-state index contributed by atoms with van der Waals surface area (Å²) < 4.78 is 14.4. The molecule has 2 nitrogen and oxygen atoms in total. The molecule has 0 aliphatic rings. The molecule has 1 heterocycles. The molecule has 96 valence electrons. The van der Waals surface area contributed by atoms with Crippen molar-refractivity contribution in [1.82, 2.24) is 9.97 Å². The van der Waals surface area contributed by atoms with Crippen molar-refractivity contribution < 1.29 is 4.39 Å². The monoisotopic (exact) mass is 358 g/mol. The van der Waals surface area contributed by atoms with E-state index in [2.05, 4.69) is 25.9 Å². The summed E-state index contributed by atoms with van der Waals surface area (Å²) in [7, 11) is 0. The molecule has 19 heavy (non-hydrogen) atoms. The van der Waals surface area contributed by atoms with Crippen molar-refractivity contribution in [3.63, 3.8) is 0 Å². The zero-order valence-corrected chi connectivity index (χ0v) is 12.4. The van der Waals surface area contributed by atoms with Crippen LogP contribution in [0.4, 0.5) is 4.39 Å².